The summed E-state index contributed by atoms with van der Waals surface area (Å²) in [5, 5.41) is 27.3. The summed E-state index contributed by atoms with van der Waals surface area (Å²) in [6.07, 6.45) is -3.48. The van der Waals surface area contributed by atoms with Crippen molar-refractivity contribution in [3.8, 4) is 5.75 Å². The van der Waals surface area contributed by atoms with Crippen LogP contribution >= 0.6 is 0 Å². The Morgan fingerprint density at radius 3 is 2.58 bits per heavy atom. The van der Waals surface area contributed by atoms with Crippen LogP contribution in [-0.4, -0.2) is 58.2 Å². The van der Waals surface area contributed by atoms with Crippen LogP contribution in [0, 0.1) is 0 Å². The van der Waals surface area contributed by atoms with E-state index in [-0.39, 0.29) is 47.3 Å². The maximum Gasteiger partial charge on any atom is 0.416 e. The number of hydrogen-bond donors (Lipinski definition) is 5. The van der Waals surface area contributed by atoms with Crippen LogP contribution in [0.1, 0.15) is 42.1 Å². The van der Waals surface area contributed by atoms with Gasteiger partial charge in [-0.05, 0) is 55.3 Å². The van der Waals surface area contributed by atoms with Crippen LogP contribution in [0.2, 0.25) is 0 Å². The number of piperidine rings is 1. The molecule has 1 amide bonds. The topological polar surface area (TPSA) is 118 Å². The zero-order valence-electron chi connectivity index (χ0n) is 20.7. The number of amides is 1. The first-order valence-electron chi connectivity index (χ1n) is 12.5. The van der Waals surface area contributed by atoms with Gasteiger partial charge in [0.15, 0.2) is 0 Å². The molecule has 0 bridgehead atoms. The summed E-state index contributed by atoms with van der Waals surface area (Å²) in [5.41, 5.74) is -0.156. The van der Waals surface area contributed by atoms with E-state index in [0.29, 0.717) is 24.0 Å². The molecule has 2 heterocycles. The highest BCUT2D eigenvalue weighted by molar-refractivity contribution is 5.87. The third kappa shape index (κ3) is 6.91. The van der Waals surface area contributed by atoms with E-state index in [2.05, 4.69) is 20.5 Å². The minimum Gasteiger partial charge on any atom is -0.506 e. The molecule has 3 aromatic rings. The first-order chi connectivity index (χ1) is 18.1. The van der Waals surface area contributed by atoms with Gasteiger partial charge in [0.1, 0.15) is 5.75 Å². The zero-order chi connectivity index (χ0) is 27.3. The predicted molar refractivity (Wildman–Crippen MR) is 137 cm³/mol. The van der Waals surface area contributed by atoms with Gasteiger partial charge in [-0.25, -0.2) is 0 Å². The third-order valence-corrected chi connectivity index (χ3v) is 6.91. The molecule has 5 N–H and O–H groups in total. The molecule has 11 heteroatoms. The van der Waals surface area contributed by atoms with Crippen molar-refractivity contribution in [1.29, 1.82) is 0 Å². The molecule has 0 aliphatic carbocycles. The first-order valence-corrected chi connectivity index (χ1v) is 12.5. The Hall–Kier alpha value is -3.41. The van der Waals surface area contributed by atoms with E-state index in [1.807, 2.05) is 0 Å². The van der Waals surface area contributed by atoms with Crippen molar-refractivity contribution < 1.29 is 28.2 Å². The van der Waals surface area contributed by atoms with E-state index >= 15 is 0 Å². The number of rotatable bonds is 9. The number of aliphatic hydroxyl groups excluding tert-OH is 1. The predicted octanol–water partition coefficient (Wildman–Crippen LogP) is 3.05. The number of alkyl halides is 3. The number of phenols is 1. The van der Waals surface area contributed by atoms with Gasteiger partial charge in [-0.2, -0.15) is 13.2 Å². The van der Waals surface area contributed by atoms with Gasteiger partial charge in [-0.1, -0.05) is 24.3 Å². The van der Waals surface area contributed by atoms with E-state index in [9.17, 15) is 33.0 Å². The summed E-state index contributed by atoms with van der Waals surface area (Å²) < 4.78 is 39.3. The Bertz CT molecular complexity index is 1320. The van der Waals surface area contributed by atoms with E-state index in [4.69, 9.17) is 0 Å². The van der Waals surface area contributed by atoms with Crippen LogP contribution in [-0.2, 0) is 17.5 Å². The number of benzene rings is 2. The monoisotopic (exact) mass is 532 g/mol. The number of aliphatic hydroxyl groups is 1. The molecule has 0 radical (unpaired) electrons. The van der Waals surface area contributed by atoms with Crippen LogP contribution in [0.5, 0.6) is 5.75 Å². The molecular weight excluding hydrogens is 501 g/mol. The van der Waals surface area contributed by atoms with Gasteiger partial charge in [0.05, 0.1) is 17.2 Å². The lowest BCUT2D eigenvalue weighted by Gasteiger charge is -2.32. The Morgan fingerprint density at radius 2 is 1.84 bits per heavy atom. The van der Waals surface area contributed by atoms with Crippen molar-refractivity contribution in [3.63, 3.8) is 0 Å². The van der Waals surface area contributed by atoms with E-state index in [0.717, 1.165) is 32.0 Å². The molecule has 4 rings (SSSR count). The van der Waals surface area contributed by atoms with Crippen LogP contribution < -0.4 is 16.2 Å². The average molecular weight is 533 g/mol. The molecule has 8 nitrogen and oxygen atoms in total. The first kappa shape index (κ1) is 27.6. The van der Waals surface area contributed by atoms with Crippen molar-refractivity contribution in [1.82, 2.24) is 20.5 Å². The van der Waals surface area contributed by atoms with E-state index in [1.165, 1.54) is 30.3 Å². The fourth-order valence-electron chi connectivity index (χ4n) is 4.79. The lowest BCUT2D eigenvalue weighted by molar-refractivity contribution is -0.138. The Balaban J connectivity index is 1.19. The molecule has 0 saturated carbocycles. The van der Waals surface area contributed by atoms with Crippen molar-refractivity contribution in [2.24, 2.45) is 0 Å². The molecule has 204 valence electrons. The maximum atomic E-state index is 13.1. The summed E-state index contributed by atoms with van der Waals surface area (Å²) in [7, 11) is 0. The highest BCUT2D eigenvalue weighted by Gasteiger charge is 2.32. The maximum absolute atomic E-state index is 13.1. The minimum atomic E-state index is -4.46. The van der Waals surface area contributed by atoms with Crippen LogP contribution in [0.15, 0.2) is 53.3 Å². The minimum absolute atomic E-state index is 0.0380. The number of carbonyl (C=O) groups excluding carboxylic acids is 1. The highest BCUT2D eigenvalue weighted by Crippen LogP contribution is 2.32. The quantitative estimate of drug-likeness (QED) is 0.289. The average Bonchev–Trinajstić information content (AvgIpc) is 2.90. The standard InChI is InChI=1S/C27H31F3N4O4/c28-27(29,30)21-4-2-1-3-17(21)15-32-24(37)11-14-34-12-9-18(10-13-34)31-16-23(36)19-5-7-22(35)26-20(19)6-8-25(38)33-26/h1-8,18,23,31,35-36H,9-16H2,(H,32,37)(H,33,38). The highest BCUT2D eigenvalue weighted by atomic mass is 19.4. The number of nitrogens with zero attached hydrogens (tertiary/aromatic N) is 1. The Labute approximate surface area is 217 Å². The normalized spacial score (nSPS) is 16.0. The van der Waals surface area contributed by atoms with Gasteiger partial charge in [0.2, 0.25) is 11.5 Å². The Kier molecular flexibility index (Phi) is 8.70. The second-order valence-electron chi connectivity index (χ2n) is 9.51. The summed E-state index contributed by atoms with van der Waals surface area (Å²) >= 11 is 0. The number of pyridine rings is 1. The van der Waals surface area contributed by atoms with Gasteiger partial charge >= 0.3 is 6.18 Å². The summed E-state index contributed by atoms with van der Waals surface area (Å²) in [5.74, 6) is -0.360. The van der Waals surface area contributed by atoms with Gasteiger partial charge in [0.25, 0.3) is 0 Å². The molecule has 1 unspecified atom stereocenters. The number of halogens is 3. The summed E-state index contributed by atoms with van der Waals surface area (Å²) in [6.45, 7) is 2.14. The van der Waals surface area contributed by atoms with Crippen molar-refractivity contribution in [3.05, 3.63) is 75.6 Å². The molecule has 1 aromatic heterocycles. The zero-order valence-corrected chi connectivity index (χ0v) is 20.7. The number of nitrogens with one attached hydrogen (secondary N) is 3. The van der Waals surface area contributed by atoms with E-state index < -0.39 is 17.8 Å². The number of phenolic OH excluding ortho intramolecular Hbond substituents is 1. The number of H-pyrrole nitrogens is 1. The second kappa shape index (κ2) is 12.0. The number of aromatic nitrogens is 1. The molecule has 1 aliphatic heterocycles. The van der Waals surface area contributed by atoms with Gasteiger partial charge < -0.3 is 30.7 Å². The molecule has 1 aliphatic rings. The van der Waals surface area contributed by atoms with Crippen LogP contribution in [0.3, 0.4) is 0 Å². The molecule has 0 spiro atoms. The number of hydrogen-bond acceptors (Lipinski definition) is 6. The van der Waals surface area contributed by atoms with Gasteiger partial charge in [-0.15, -0.1) is 0 Å². The molecule has 38 heavy (non-hydrogen) atoms. The smallest absolute Gasteiger partial charge is 0.416 e. The fraction of sp³-hybridized carbons (Fsp3) is 0.407. The number of aromatic amines is 1. The SMILES string of the molecule is O=C(CCN1CCC(NCC(O)c2ccc(O)c3[nH]c(=O)ccc23)CC1)NCc1ccccc1C(F)(F)F. The largest absolute Gasteiger partial charge is 0.506 e. The second-order valence-corrected chi connectivity index (χ2v) is 9.51. The van der Waals surface area contributed by atoms with Gasteiger partial charge in [0, 0.05) is 43.5 Å². The fourth-order valence-corrected chi connectivity index (χ4v) is 4.79. The molecule has 1 fully saturated rings. The molecule has 2 aromatic carbocycles. The number of fused-ring (bicyclic) bond motifs is 1. The number of aromatic hydroxyl groups is 1. The number of likely N-dealkylation sites (tertiary alicyclic amines) is 1. The summed E-state index contributed by atoms with van der Waals surface area (Å²) in [6, 6.07) is 11.4. The Morgan fingerprint density at radius 1 is 1.11 bits per heavy atom. The van der Waals surface area contributed by atoms with Crippen molar-refractivity contribution in [2.75, 3.05) is 26.2 Å². The van der Waals surface area contributed by atoms with Crippen LogP contribution in [0.4, 0.5) is 13.2 Å². The van der Waals surface area contributed by atoms with Gasteiger partial charge in [-0.3, -0.25) is 9.59 Å². The van der Waals surface area contributed by atoms with Crippen LogP contribution in [0.25, 0.3) is 10.9 Å². The molecule has 1 saturated heterocycles. The van der Waals surface area contributed by atoms with E-state index in [1.54, 1.807) is 12.1 Å². The molecular formula is C27H31F3N4O4. The number of carbonyl (C=O) groups is 1. The third-order valence-electron chi connectivity index (χ3n) is 6.91. The van der Waals surface area contributed by atoms with Crippen molar-refractivity contribution >= 4 is 16.8 Å². The van der Waals surface area contributed by atoms with Crippen molar-refractivity contribution in [2.45, 2.75) is 44.1 Å². The lowest BCUT2D eigenvalue weighted by atomic mass is 10.0. The summed E-state index contributed by atoms with van der Waals surface area (Å²) in [4.78, 5) is 28.6. The molecule has 1 atom stereocenters. The lowest BCUT2D eigenvalue weighted by Crippen LogP contribution is -2.44.